The van der Waals surface area contributed by atoms with Crippen LogP contribution in [0.15, 0.2) is 24.3 Å². The summed E-state index contributed by atoms with van der Waals surface area (Å²) in [5, 5.41) is 0. The Bertz CT molecular complexity index is 315. The van der Waals surface area contributed by atoms with E-state index in [4.69, 9.17) is 10.5 Å². The van der Waals surface area contributed by atoms with Gasteiger partial charge < -0.3 is 15.0 Å². The molecule has 0 aromatic heterocycles. The van der Waals surface area contributed by atoms with Crippen molar-refractivity contribution in [3.05, 3.63) is 29.8 Å². The van der Waals surface area contributed by atoms with Crippen molar-refractivity contribution in [2.75, 3.05) is 39.1 Å². The molecule has 2 N–H and O–H groups in total. The van der Waals surface area contributed by atoms with E-state index in [2.05, 4.69) is 19.2 Å². The van der Waals surface area contributed by atoms with Gasteiger partial charge in [-0.3, -0.25) is 0 Å². The number of nitrogens with two attached hydrogens (primary N) is 1. The first kappa shape index (κ1) is 10.5. The van der Waals surface area contributed by atoms with E-state index in [0.29, 0.717) is 0 Å². The zero-order valence-corrected chi connectivity index (χ0v) is 9.28. The molecule has 0 unspecified atom stereocenters. The summed E-state index contributed by atoms with van der Waals surface area (Å²) in [5.41, 5.74) is 7.86. The van der Waals surface area contributed by atoms with E-state index in [1.54, 1.807) is 0 Å². The highest BCUT2D eigenvalue weighted by atomic mass is 16.5. The first-order valence-corrected chi connectivity index (χ1v) is 5.44. The van der Waals surface area contributed by atoms with Crippen molar-refractivity contribution in [2.45, 2.75) is 6.54 Å². The number of benzene rings is 1. The highest BCUT2D eigenvalue weighted by Gasteiger charge is 2.25. The van der Waals surface area contributed by atoms with E-state index in [1.807, 2.05) is 12.1 Å². The fourth-order valence-corrected chi connectivity index (χ4v) is 2.01. The second-order valence-corrected chi connectivity index (χ2v) is 4.58. The predicted octanol–water partition coefficient (Wildman–Crippen LogP) is 1.25. The van der Waals surface area contributed by atoms with Crippen LogP contribution in [0.1, 0.15) is 5.56 Å². The van der Waals surface area contributed by atoms with Crippen LogP contribution < -0.4 is 5.73 Å². The third-order valence-electron chi connectivity index (χ3n) is 3.09. The van der Waals surface area contributed by atoms with Crippen molar-refractivity contribution >= 4 is 5.69 Å². The topological polar surface area (TPSA) is 35.2 Å². The minimum atomic E-state index is 0.836. The van der Waals surface area contributed by atoms with Gasteiger partial charge in [-0.1, -0.05) is 12.1 Å². The molecule has 1 fully saturated rings. The predicted molar refractivity (Wildman–Crippen MR) is 61.3 cm³/mol. The molecule has 1 aliphatic heterocycles. The van der Waals surface area contributed by atoms with E-state index in [9.17, 15) is 0 Å². The van der Waals surface area contributed by atoms with Crippen LogP contribution in [-0.4, -0.2) is 37.8 Å². The maximum absolute atomic E-state index is 5.67. The number of nitrogen functional groups attached to an aromatic ring is 1. The van der Waals surface area contributed by atoms with Gasteiger partial charge in [0.2, 0.25) is 0 Å². The third-order valence-corrected chi connectivity index (χ3v) is 3.09. The summed E-state index contributed by atoms with van der Waals surface area (Å²) in [4.78, 5) is 0. The molecular formula is C12H19N2O+. The molecule has 0 bridgehead atoms. The molecule has 1 aliphatic rings. The Hall–Kier alpha value is -1.06. The van der Waals surface area contributed by atoms with Gasteiger partial charge >= 0.3 is 0 Å². The number of quaternary nitrogens is 1. The Labute approximate surface area is 91.0 Å². The van der Waals surface area contributed by atoms with Gasteiger partial charge in [-0.2, -0.15) is 0 Å². The fourth-order valence-electron chi connectivity index (χ4n) is 2.01. The van der Waals surface area contributed by atoms with Crippen molar-refractivity contribution in [3.8, 4) is 0 Å². The standard InChI is InChI=1S/C12H19N2O/c1-14(6-8-15-9-7-14)10-11-2-4-12(13)5-3-11/h2-5H,6-10,13H2,1H3/q+1. The first-order valence-electron chi connectivity index (χ1n) is 5.44. The number of morpholine rings is 1. The second kappa shape index (κ2) is 4.21. The molecule has 3 heteroatoms. The van der Waals surface area contributed by atoms with Gasteiger partial charge in [0.25, 0.3) is 0 Å². The molecule has 0 aliphatic carbocycles. The highest BCUT2D eigenvalue weighted by Crippen LogP contribution is 2.15. The molecule has 3 nitrogen and oxygen atoms in total. The quantitative estimate of drug-likeness (QED) is 0.585. The summed E-state index contributed by atoms with van der Waals surface area (Å²) in [6.07, 6.45) is 0. The number of hydrogen-bond donors (Lipinski definition) is 1. The lowest BCUT2D eigenvalue weighted by Gasteiger charge is -2.37. The maximum atomic E-state index is 5.67. The molecule has 1 aromatic carbocycles. The van der Waals surface area contributed by atoms with Crippen LogP contribution in [0.3, 0.4) is 0 Å². The molecule has 0 amide bonds. The molecule has 0 radical (unpaired) electrons. The number of ether oxygens (including phenoxy) is 1. The first-order chi connectivity index (χ1) is 7.18. The van der Waals surface area contributed by atoms with E-state index in [-0.39, 0.29) is 0 Å². The zero-order valence-electron chi connectivity index (χ0n) is 9.28. The van der Waals surface area contributed by atoms with Crippen LogP contribution >= 0.6 is 0 Å². The average molecular weight is 207 g/mol. The van der Waals surface area contributed by atoms with Crippen LogP contribution in [0, 0.1) is 0 Å². The van der Waals surface area contributed by atoms with E-state index >= 15 is 0 Å². The van der Waals surface area contributed by atoms with Crippen molar-refractivity contribution in [3.63, 3.8) is 0 Å². The smallest absolute Gasteiger partial charge is 0.104 e. The summed E-state index contributed by atoms with van der Waals surface area (Å²) in [6.45, 7) is 5.04. The monoisotopic (exact) mass is 207 g/mol. The molecule has 2 rings (SSSR count). The van der Waals surface area contributed by atoms with Crippen molar-refractivity contribution in [1.29, 1.82) is 0 Å². The van der Waals surface area contributed by atoms with Crippen LogP contribution in [0.2, 0.25) is 0 Å². The molecule has 1 saturated heterocycles. The van der Waals surface area contributed by atoms with Crippen LogP contribution in [0.5, 0.6) is 0 Å². The Morgan fingerprint density at radius 2 is 1.80 bits per heavy atom. The van der Waals surface area contributed by atoms with Gasteiger partial charge in [-0.05, 0) is 12.1 Å². The number of likely N-dealkylation sites (N-methyl/N-ethyl adjacent to an activating group) is 1. The van der Waals surface area contributed by atoms with Crippen molar-refractivity contribution in [2.24, 2.45) is 0 Å². The normalized spacial score (nSPS) is 20.1. The summed E-state index contributed by atoms with van der Waals surface area (Å²) in [6, 6.07) is 8.19. The zero-order chi connectivity index (χ0) is 10.7. The molecule has 0 saturated carbocycles. The molecule has 1 heterocycles. The number of anilines is 1. The molecule has 0 spiro atoms. The van der Waals surface area contributed by atoms with Gasteiger partial charge in [-0.25, -0.2) is 0 Å². The summed E-state index contributed by atoms with van der Waals surface area (Å²) < 4.78 is 6.46. The average Bonchev–Trinajstić information content (AvgIpc) is 2.22. The SMILES string of the molecule is C[N+]1(Cc2ccc(N)cc2)CCOCC1. The molecular weight excluding hydrogens is 188 g/mol. The molecule has 15 heavy (non-hydrogen) atoms. The highest BCUT2D eigenvalue weighted by molar-refractivity contribution is 5.39. The Morgan fingerprint density at radius 3 is 2.40 bits per heavy atom. The Kier molecular flexibility index (Phi) is 2.93. The van der Waals surface area contributed by atoms with Crippen LogP contribution in [0.4, 0.5) is 5.69 Å². The third kappa shape index (κ3) is 2.70. The van der Waals surface area contributed by atoms with E-state index in [1.165, 1.54) is 5.56 Å². The van der Waals surface area contributed by atoms with E-state index < -0.39 is 0 Å². The van der Waals surface area contributed by atoms with E-state index in [0.717, 1.165) is 43.0 Å². The lowest BCUT2D eigenvalue weighted by atomic mass is 10.1. The van der Waals surface area contributed by atoms with Crippen molar-refractivity contribution in [1.82, 2.24) is 0 Å². The van der Waals surface area contributed by atoms with Crippen LogP contribution in [-0.2, 0) is 11.3 Å². The molecule has 1 aromatic rings. The molecule has 82 valence electrons. The maximum Gasteiger partial charge on any atom is 0.104 e. The van der Waals surface area contributed by atoms with Crippen molar-refractivity contribution < 1.29 is 9.22 Å². The van der Waals surface area contributed by atoms with Crippen LogP contribution in [0.25, 0.3) is 0 Å². The second-order valence-electron chi connectivity index (χ2n) is 4.58. The number of nitrogens with zero attached hydrogens (tertiary/aromatic N) is 1. The summed E-state index contributed by atoms with van der Waals surface area (Å²) in [7, 11) is 2.29. The molecule has 0 atom stereocenters. The van der Waals surface area contributed by atoms with Gasteiger partial charge in [-0.15, -0.1) is 0 Å². The van der Waals surface area contributed by atoms with Gasteiger partial charge in [0.05, 0.1) is 20.3 Å². The fraction of sp³-hybridized carbons (Fsp3) is 0.500. The van der Waals surface area contributed by atoms with Gasteiger partial charge in [0.15, 0.2) is 0 Å². The Balaban J connectivity index is 2.03. The number of rotatable bonds is 2. The minimum absolute atomic E-state index is 0.836. The van der Waals surface area contributed by atoms with Gasteiger partial charge in [0, 0.05) is 11.3 Å². The minimum Gasteiger partial charge on any atom is -0.399 e. The lowest BCUT2D eigenvalue weighted by Crippen LogP contribution is -2.51. The summed E-state index contributed by atoms with van der Waals surface area (Å²) >= 11 is 0. The Morgan fingerprint density at radius 1 is 1.20 bits per heavy atom. The summed E-state index contributed by atoms with van der Waals surface area (Å²) in [5.74, 6) is 0. The lowest BCUT2D eigenvalue weighted by molar-refractivity contribution is -0.929. The van der Waals surface area contributed by atoms with Gasteiger partial charge in [0.1, 0.15) is 19.6 Å². The number of hydrogen-bond acceptors (Lipinski definition) is 2. The largest absolute Gasteiger partial charge is 0.399 e.